The number of carbonyl (C=O) groups excluding carboxylic acids is 1. The van der Waals surface area contributed by atoms with Crippen LogP contribution in [0.1, 0.15) is 35.2 Å². The van der Waals surface area contributed by atoms with Crippen molar-refractivity contribution in [3.8, 4) is 11.5 Å². The number of para-hydroxylation sites is 2. The van der Waals surface area contributed by atoms with Crippen LogP contribution in [0.2, 0.25) is 0 Å². The van der Waals surface area contributed by atoms with Gasteiger partial charge in [0.05, 0.1) is 29.0 Å². The first-order chi connectivity index (χ1) is 21.4. The third kappa shape index (κ3) is 5.85. The first-order valence-electron chi connectivity index (χ1n) is 14.2. The Bertz CT molecular complexity index is 2050. The van der Waals surface area contributed by atoms with Gasteiger partial charge in [0.1, 0.15) is 18.1 Å². The normalized spacial score (nSPS) is 14.5. The number of methoxy groups -OCH3 is 1. The fraction of sp³-hybridized carbons (Fsp3) is 0.139. The zero-order valence-corrected chi connectivity index (χ0v) is 25.4. The van der Waals surface area contributed by atoms with Gasteiger partial charge in [-0.2, -0.15) is 0 Å². The molecular weight excluding hydrogens is 570 g/mol. The average Bonchev–Trinajstić information content (AvgIpc) is 3.34. The van der Waals surface area contributed by atoms with Gasteiger partial charge in [0.2, 0.25) is 0 Å². The number of anilines is 1. The summed E-state index contributed by atoms with van der Waals surface area (Å²) in [5.41, 5.74) is 5.01. The molecular formula is C36H31N3O4S. The van der Waals surface area contributed by atoms with Crippen LogP contribution in [0.25, 0.3) is 6.08 Å². The quantitative estimate of drug-likeness (QED) is 0.245. The number of thiazole rings is 1. The van der Waals surface area contributed by atoms with E-state index in [9.17, 15) is 9.59 Å². The molecule has 44 heavy (non-hydrogen) atoms. The van der Waals surface area contributed by atoms with Crippen molar-refractivity contribution in [2.24, 2.45) is 4.99 Å². The largest absolute Gasteiger partial charge is 0.496 e. The molecule has 8 heteroatoms. The minimum absolute atomic E-state index is 0.214. The van der Waals surface area contributed by atoms with Crippen LogP contribution in [0, 0.1) is 6.92 Å². The first kappa shape index (κ1) is 28.9. The van der Waals surface area contributed by atoms with Crippen molar-refractivity contribution in [2.45, 2.75) is 26.5 Å². The Hall–Kier alpha value is -5.21. The Kier molecular flexibility index (Phi) is 8.25. The molecule has 5 aromatic rings. The molecule has 1 amide bonds. The zero-order valence-electron chi connectivity index (χ0n) is 24.6. The summed E-state index contributed by atoms with van der Waals surface area (Å²) in [7, 11) is 1.63. The molecule has 1 N–H and O–H groups in total. The molecule has 220 valence electrons. The van der Waals surface area contributed by atoms with Gasteiger partial charge in [0, 0.05) is 11.3 Å². The Balaban J connectivity index is 1.40. The lowest BCUT2D eigenvalue weighted by atomic mass is 9.95. The molecule has 1 aliphatic heterocycles. The van der Waals surface area contributed by atoms with E-state index in [1.54, 1.807) is 11.7 Å². The van der Waals surface area contributed by atoms with E-state index >= 15 is 0 Å². The van der Waals surface area contributed by atoms with Crippen LogP contribution >= 0.6 is 11.3 Å². The second-order valence-corrected chi connectivity index (χ2v) is 11.4. The third-order valence-electron chi connectivity index (χ3n) is 7.49. The van der Waals surface area contributed by atoms with E-state index < -0.39 is 6.04 Å². The lowest BCUT2D eigenvalue weighted by Crippen LogP contribution is -2.40. The van der Waals surface area contributed by atoms with Crippen molar-refractivity contribution in [2.75, 3.05) is 12.4 Å². The Morgan fingerprint density at radius 3 is 2.36 bits per heavy atom. The highest BCUT2D eigenvalue weighted by atomic mass is 32.1. The van der Waals surface area contributed by atoms with Gasteiger partial charge in [-0.05, 0) is 66.9 Å². The minimum Gasteiger partial charge on any atom is -0.496 e. The summed E-state index contributed by atoms with van der Waals surface area (Å²) in [4.78, 5) is 33.0. The van der Waals surface area contributed by atoms with Crippen LogP contribution in [0.4, 0.5) is 5.69 Å². The van der Waals surface area contributed by atoms with Crippen LogP contribution in [0.5, 0.6) is 11.5 Å². The number of benzene rings is 4. The summed E-state index contributed by atoms with van der Waals surface area (Å²) >= 11 is 1.30. The summed E-state index contributed by atoms with van der Waals surface area (Å²) in [5, 5.41) is 2.98. The second kappa shape index (κ2) is 12.6. The van der Waals surface area contributed by atoms with Gasteiger partial charge in [-0.15, -0.1) is 0 Å². The summed E-state index contributed by atoms with van der Waals surface area (Å²) in [6.07, 6.45) is 1.85. The topological polar surface area (TPSA) is 81.9 Å². The fourth-order valence-electron chi connectivity index (χ4n) is 5.31. The van der Waals surface area contributed by atoms with Crippen LogP contribution in [-0.4, -0.2) is 17.6 Å². The number of nitrogens with one attached hydrogen (secondary N) is 1. The van der Waals surface area contributed by atoms with Crippen molar-refractivity contribution in [3.63, 3.8) is 0 Å². The molecule has 0 saturated heterocycles. The standard InChI is InChI=1S/C36H31N3O4S/c1-23-12-10-11-17-29(23)43-22-27-20-25(18-19-30(27)42-3)21-31-35(41)39-33(26-13-6-4-7-14-26)32(24(2)37-36(39)44-31)34(40)38-28-15-8-5-9-16-28/h4-21,33H,22H2,1-3H3,(H,38,40)/t33-/m0/s1. The average molecular weight is 602 g/mol. The van der Waals surface area contributed by atoms with Crippen LogP contribution < -0.4 is 29.7 Å². The summed E-state index contributed by atoms with van der Waals surface area (Å²) < 4.78 is 13.8. The molecule has 4 aromatic carbocycles. The lowest BCUT2D eigenvalue weighted by molar-refractivity contribution is -0.113. The van der Waals surface area contributed by atoms with E-state index in [1.165, 1.54) is 11.3 Å². The van der Waals surface area contributed by atoms with E-state index in [2.05, 4.69) is 5.32 Å². The van der Waals surface area contributed by atoms with Gasteiger partial charge in [0.15, 0.2) is 4.80 Å². The molecule has 2 heterocycles. The van der Waals surface area contributed by atoms with Gasteiger partial charge >= 0.3 is 0 Å². The molecule has 0 spiro atoms. The van der Waals surface area contributed by atoms with Gasteiger partial charge in [0.25, 0.3) is 11.5 Å². The number of aromatic nitrogens is 1. The summed E-state index contributed by atoms with van der Waals surface area (Å²) in [6.45, 7) is 4.13. The van der Waals surface area contributed by atoms with E-state index in [0.717, 1.165) is 28.0 Å². The van der Waals surface area contributed by atoms with E-state index in [1.807, 2.05) is 123 Å². The fourth-order valence-corrected chi connectivity index (χ4v) is 6.36. The monoisotopic (exact) mass is 601 g/mol. The van der Waals surface area contributed by atoms with Gasteiger partial charge < -0.3 is 14.8 Å². The number of carbonyl (C=O) groups is 1. The van der Waals surface area contributed by atoms with Crippen molar-refractivity contribution in [1.82, 2.24) is 4.57 Å². The van der Waals surface area contributed by atoms with E-state index in [-0.39, 0.29) is 11.5 Å². The van der Waals surface area contributed by atoms with Crippen molar-refractivity contribution in [1.29, 1.82) is 0 Å². The molecule has 1 aliphatic rings. The number of aryl methyl sites for hydroxylation is 1. The predicted molar refractivity (Wildman–Crippen MR) is 174 cm³/mol. The number of nitrogens with zero attached hydrogens (tertiary/aromatic N) is 2. The molecule has 0 radical (unpaired) electrons. The Morgan fingerprint density at radius 2 is 1.64 bits per heavy atom. The van der Waals surface area contributed by atoms with Gasteiger partial charge in [-0.3, -0.25) is 14.2 Å². The van der Waals surface area contributed by atoms with Gasteiger partial charge in [-0.1, -0.05) is 84.1 Å². The number of hydrogen-bond acceptors (Lipinski definition) is 6. The molecule has 1 aromatic heterocycles. The second-order valence-electron chi connectivity index (χ2n) is 10.4. The molecule has 6 rings (SSSR count). The highest BCUT2D eigenvalue weighted by Gasteiger charge is 2.32. The number of hydrogen-bond donors (Lipinski definition) is 1. The molecule has 0 fully saturated rings. The SMILES string of the molecule is COc1ccc(C=c2sc3n(c2=O)[C@@H](c2ccccc2)C(C(=O)Nc2ccccc2)=C(C)N=3)cc1COc1ccccc1C. The van der Waals surface area contributed by atoms with E-state index in [4.69, 9.17) is 14.5 Å². The number of allylic oxidation sites excluding steroid dienone is 1. The summed E-state index contributed by atoms with van der Waals surface area (Å²) in [5.74, 6) is 1.21. The highest BCUT2D eigenvalue weighted by Crippen LogP contribution is 2.31. The van der Waals surface area contributed by atoms with Crippen molar-refractivity contribution < 1.29 is 14.3 Å². The van der Waals surface area contributed by atoms with Crippen LogP contribution in [0.15, 0.2) is 124 Å². The molecule has 0 aliphatic carbocycles. The summed E-state index contributed by atoms with van der Waals surface area (Å²) in [6, 6.07) is 31.8. The highest BCUT2D eigenvalue weighted by molar-refractivity contribution is 7.07. The van der Waals surface area contributed by atoms with E-state index in [0.29, 0.717) is 38.6 Å². The van der Waals surface area contributed by atoms with Crippen molar-refractivity contribution in [3.05, 3.63) is 156 Å². The van der Waals surface area contributed by atoms with Crippen LogP contribution in [0.3, 0.4) is 0 Å². The predicted octanol–water partition coefficient (Wildman–Crippen LogP) is 5.77. The first-order valence-corrected chi connectivity index (χ1v) is 15.0. The minimum atomic E-state index is -0.632. The van der Waals surface area contributed by atoms with Crippen LogP contribution in [-0.2, 0) is 11.4 Å². The molecule has 1 atom stereocenters. The Morgan fingerprint density at radius 1 is 0.932 bits per heavy atom. The third-order valence-corrected chi connectivity index (χ3v) is 8.48. The lowest BCUT2D eigenvalue weighted by Gasteiger charge is -2.25. The maximum atomic E-state index is 14.1. The number of ether oxygens (including phenoxy) is 2. The number of fused-ring (bicyclic) bond motifs is 1. The maximum Gasteiger partial charge on any atom is 0.271 e. The molecule has 0 bridgehead atoms. The number of amides is 1. The van der Waals surface area contributed by atoms with Gasteiger partial charge in [-0.25, -0.2) is 4.99 Å². The zero-order chi connectivity index (χ0) is 30.6. The van der Waals surface area contributed by atoms with Crippen molar-refractivity contribution >= 4 is 29.0 Å². The molecule has 0 unspecified atom stereocenters. The maximum absolute atomic E-state index is 14.1. The Labute approximate surface area is 259 Å². The molecule has 7 nitrogen and oxygen atoms in total. The number of rotatable bonds is 8. The smallest absolute Gasteiger partial charge is 0.271 e. The molecule has 0 saturated carbocycles.